The molecule has 108 valence electrons. The van der Waals surface area contributed by atoms with E-state index in [1.54, 1.807) is 11.8 Å². The van der Waals surface area contributed by atoms with E-state index in [2.05, 4.69) is 25.0 Å². The summed E-state index contributed by atoms with van der Waals surface area (Å²) in [6.07, 6.45) is 2.81. The van der Waals surface area contributed by atoms with Crippen molar-refractivity contribution in [3.63, 3.8) is 0 Å². The minimum atomic E-state index is 0.0921. The van der Waals surface area contributed by atoms with Crippen molar-refractivity contribution in [2.45, 2.75) is 37.2 Å². The van der Waals surface area contributed by atoms with Gasteiger partial charge in [-0.15, -0.1) is 11.8 Å². The predicted molar refractivity (Wildman–Crippen MR) is 86.5 cm³/mol. The first kappa shape index (κ1) is 15.4. The van der Waals surface area contributed by atoms with E-state index in [9.17, 15) is 0 Å². The highest BCUT2D eigenvalue weighted by Gasteiger charge is 2.09. The molecule has 20 heavy (non-hydrogen) atoms. The lowest BCUT2D eigenvalue weighted by molar-refractivity contribution is 0.523. The quantitative estimate of drug-likeness (QED) is 0.826. The van der Waals surface area contributed by atoms with Crippen LogP contribution in [-0.2, 0) is 6.42 Å². The minimum Gasteiger partial charge on any atom is -0.327 e. The molecule has 0 saturated carbocycles. The second kappa shape index (κ2) is 7.16. The molecule has 1 unspecified atom stereocenters. The molecule has 2 rings (SSSR count). The molecular formula is C15H20ClN3S. The molecule has 0 bridgehead atoms. The largest absolute Gasteiger partial charge is 0.327 e. The standard InChI is InChI=1S/C15H20ClN3S/c1-11(2)19-7-6-14(18-19)9-13(17)10-20-15-5-3-4-12(16)8-15/h3-8,11,13H,9-10,17H2,1-2H3. The first-order chi connectivity index (χ1) is 9.54. The average Bonchev–Trinajstić information content (AvgIpc) is 2.85. The van der Waals surface area contributed by atoms with Crippen molar-refractivity contribution in [3.05, 3.63) is 47.2 Å². The van der Waals surface area contributed by atoms with Gasteiger partial charge in [0.25, 0.3) is 0 Å². The maximum Gasteiger partial charge on any atom is 0.0640 e. The predicted octanol–water partition coefficient (Wildman–Crippen LogP) is 3.78. The van der Waals surface area contributed by atoms with Crippen LogP contribution in [0, 0.1) is 0 Å². The Bertz CT molecular complexity index is 554. The Kier molecular flexibility index (Phi) is 5.52. The first-order valence-electron chi connectivity index (χ1n) is 6.72. The zero-order chi connectivity index (χ0) is 14.5. The molecule has 1 atom stereocenters. The van der Waals surface area contributed by atoms with Gasteiger partial charge in [0.05, 0.1) is 5.69 Å². The lowest BCUT2D eigenvalue weighted by Crippen LogP contribution is -2.25. The van der Waals surface area contributed by atoms with Gasteiger partial charge in [-0.25, -0.2) is 0 Å². The molecule has 2 aromatic rings. The molecule has 1 heterocycles. The van der Waals surface area contributed by atoms with Crippen molar-refractivity contribution in [2.75, 3.05) is 5.75 Å². The molecule has 0 fully saturated rings. The zero-order valence-electron chi connectivity index (χ0n) is 11.8. The summed E-state index contributed by atoms with van der Waals surface area (Å²) in [6, 6.07) is 10.4. The van der Waals surface area contributed by atoms with Gasteiger partial charge in [0.15, 0.2) is 0 Å². The van der Waals surface area contributed by atoms with Crippen molar-refractivity contribution in [1.29, 1.82) is 0 Å². The molecular weight excluding hydrogens is 290 g/mol. The van der Waals surface area contributed by atoms with Crippen LogP contribution in [0.5, 0.6) is 0 Å². The Morgan fingerprint density at radius 3 is 2.80 bits per heavy atom. The van der Waals surface area contributed by atoms with Crippen LogP contribution in [0.2, 0.25) is 5.02 Å². The fraction of sp³-hybridized carbons (Fsp3) is 0.400. The van der Waals surface area contributed by atoms with Gasteiger partial charge in [0.1, 0.15) is 0 Å². The molecule has 0 spiro atoms. The van der Waals surface area contributed by atoms with Gasteiger partial charge in [-0.3, -0.25) is 4.68 Å². The van der Waals surface area contributed by atoms with Crippen molar-refractivity contribution in [1.82, 2.24) is 9.78 Å². The maximum absolute atomic E-state index is 6.17. The van der Waals surface area contributed by atoms with E-state index in [1.807, 2.05) is 35.1 Å². The topological polar surface area (TPSA) is 43.8 Å². The van der Waals surface area contributed by atoms with Gasteiger partial charge in [0.2, 0.25) is 0 Å². The number of nitrogens with zero attached hydrogens (tertiary/aromatic N) is 2. The summed E-state index contributed by atoms with van der Waals surface area (Å²) < 4.78 is 1.96. The monoisotopic (exact) mass is 309 g/mol. The minimum absolute atomic E-state index is 0.0921. The van der Waals surface area contributed by atoms with E-state index in [0.29, 0.717) is 6.04 Å². The summed E-state index contributed by atoms with van der Waals surface area (Å²) in [7, 11) is 0. The van der Waals surface area contributed by atoms with Gasteiger partial charge < -0.3 is 5.73 Å². The van der Waals surface area contributed by atoms with Crippen LogP contribution in [0.3, 0.4) is 0 Å². The Hall–Kier alpha value is -0.970. The summed E-state index contributed by atoms with van der Waals surface area (Å²) in [5.41, 5.74) is 7.23. The highest BCUT2D eigenvalue weighted by molar-refractivity contribution is 7.99. The highest BCUT2D eigenvalue weighted by atomic mass is 35.5. The Balaban J connectivity index is 1.84. The molecule has 5 heteroatoms. The number of aromatic nitrogens is 2. The van der Waals surface area contributed by atoms with Crippen molar-refractivity contribution < 1.29 is 0 Å². The number of thioether (sulfide) groups is 1. The number of halogens is 1. The highest BCUT2D eigenvalue weighted by Crippen LogP contribution is 2.22. The summed E-state index contributed by atoms with van der Waals surface area (Å²) in [6.45, 7) is 4.23. The maximum atomic E-state index is 6.17. The fourth-order valence-electron chi connectivity index (χ4n) is 1.86. The average molecular weight is 310 g/mol. The third-order valence-corrected chi connectivity index (χ3v) is 4.34. The van der Waals surface area contributed by atoms with Crippen LogP contribution >= 0.6 is 23.4 Å². The number of hydrogen-bond acceptors (Lipinski definition) is 3. The van der Waals surface area contributed by atoms with E-state index >= 15 is 0 Å². The first-order valence-corrected chi connectivity index (χ1v) is 8.09. The molecule has 3 nitrogen and oxygen atoms in total. The molecule has 0 saturated heterocycles. The Morgan fingerprint density at radius 2 is 2.15 bits per heavy atom. The van der Waals surface area contributed by atoms with Gasteiger partial charge in [0, 0.05) is 40.4 Å². The number of benzene rings is 1. The number of hydrogen-bond donors (Lipinski definition) is 1. The SMILES string of the molecule is CC(C)n1ccc(CC(N)CSc2cccc(Cl)c2)n1. The lowest BCUT2D eigenvalue weighted by atomic mass is 10.2. The molecule has 0 radical (unpaired) electrons. The molecule has 1 aromatic carbocycles. The fourth-order valence-corrected chi connectivity index (χ4v) is 3.03. The van der Waals surface area contributed by atoms with E-state index in [1.165, 1.54) is 0 Å². The zero-order valence-corrected chi connectivity index (χ0v) is 13.4. The molecule has 2 N–H and O–H groups in total. The third kappa shape index (κ3) is 4.54. The molecule has 0 aliphatic rings. The molecule has 0 aliphatic carbocycles. The van der Waals surface area contributed by atoms with Crippen LogP contribution in [0.15, 0.2) is 41.4 Å². The van der Waals surface area contributed by atoms with Crippen molar-refractivity contribution in [2.24, 2.45) is 5.73 Å². The summed E-state index contributed by atoms with van der Waals surface area (Å²) >= 11 is 7.70. The van der Waals surface area contributed by atoms with Crippen LogP contribution in [0.4, 0.5) is 0 Å². The van der Waals surface area contributed by atoms with Gasteiger partial charge in [-0.05, 0) is 38.1 Å². The number of nitrogens with two attached hydrogens (primary N) is 1. The van der Waals surface area contributed by atoms with Gasteiger partial charge in [-0.2, -0.15) is 5.10 Å². The van der Waals surface area contributed by atoms with E-state index in [-0.39, 0.29) is 6.04 Å². The molecule has 0 aliphatic heterocycles. The van der Waals surface area contributed by atoms with Gasteiger partial charge >= 0.3 is 0 Å². The van der Waals surface area contributed by atoms with E-state index < -0.39 is 0 Å². The smallest absolute Gasteiger partial charge is 0.0640 e. The summed E-state index contributed by atoms with van der Waals surface area (Å²) in [4.78, 5) is 1.15. The summed E-state index contributed by atoms with van der Waals surface area (Å²) in [5.74, 6) is 0.856. The van der Waals surface area contributed by atoms with Crippen molar-refractivity contribution in [3.8, 4) is 0 Å². The van der Waals surface area contributed by atoms with Crippen LogP contribution in [-0.4, -0.2) is 21.6 Å². The Labute approximate surface area is 129 Å². The normalized spacial score (nSPS) is 12.8. The molecule has 1 aromatic heterocycles. The van der Waals surface area contributed by atoms with Crippen LogP contribution in [0.1, 0.15) is 25.6 Å². The third-order valence-electron chi connectivity index (χ3n) is 2.92. The van der Waals surface area contributed by atoms with Crippen molar-refractivity contribution >= 4 is 23.4 Å². The lowest BCUT2D eigenvalue weighted by Gasteiger charge is -2.10. The second-order valence-electron chi connectivity index (χ2n) is 5.11. The van der Waals surface area contributed by atoms with Crippen LogP contribution in [0.25, 0.3) is 0 Å². The number of rotatable bonds is 6. The Morgan fingerprint density at radius 1 is 1.35 bits per heavy atom. The van der Waals surface area contributed by atoms with E-state index in [4.69, 9.17) is 17.3 Å². The second-order valence-corrected chi connectivity index (χ2v) is 6.64. The molecule has 0 amide bonds. The van der Waals surface area contributed by atoms with Crippen LogP contribution < -0.4 is 5.73 Å². The summed E-state index contributed by atoms with van der Waals surface area (Å²) in [5, 5.41) is 5.29. The van der Waals surface area contributed by atoms with Gasteiger partial charge in [-0.1, -0.05) is 17.7 Å². The van der Waals surface area contributed by atoms with E-state index in [0.717, 1.165) is 27.8 Å².